The van der Waals surface area contributed by atoms with Crippen molar-refractivity contribution in [1.82, 2.24) is 4.98 Å². The van der Waals surface area contributed by atoms with E-state index in [2.05, 4.69) is 9.98 Å². The van der Waals surface area contributed by atoms with Gasteiger partial charge in [-0.05, 0) is 32.9 Å². The lowest BCUT2D eigenvalue weighted by Gasteiger charge is -2.03. The first-order valence-electron chi connectivity index (χ1n) is 6.73. The molecule has 1 N–H and O–H groups in total. The molecular weight excluding hydrogens is 288 g/mol. The fourth-order valence-electron chi connectivity index (χ4n) is 1.46. The van der Waals surface area contributed by atoms with E-state index >= 15 is 0 Å². The lowest BCUT2D eigenvalue weighted by Crippen LogP contribution is -2.10. The van der Waals surface area contributed by atoms with Crippen molar-refractivity contribution >= 4 is 24.0 Å². The molecule has 0 fully saturated rings. The predicted molar refractivity (Wildman–Crippen MR) is 80.3 cm³/mol. The molecule has 1 aromatic rings. The number of pyridine rings is 1. The Bertz CT molecular complexity index is 604. The predicted octanol–water partition coefficient (Wildman–Crippen LogP) is 2.36. The van der Waals surface area contributed by atoms with Crippen LogP contribution in [0, 0.1) is 0 Å². The second kappa shape index (κ2) is 8.56. The molecule has 0 amide bonds. The molecule has 0 aliphatic heterocycles. The number of ether oxygens (including phenoxy) is 2. The standard InChI is InChI=1S/C15H18N2O5/c1-4-21-14(19)11-6-7-16-13(8-11)17-9-12(10(3)18)15(20)22-5-2/h6-9,18H,4-5H2,1-3H3/b12-10+,17-9?. The van der Waals surface area contributed by atoms with Gasteiger partial charge in [0.05, 0.1) is 18.8 Å². The molecule has 0 atom stereocenters. The maximum Gasteiger partial charge on any atom is 0.343 e. The van der Waals surface area contributed by atoms with Gasteiger partial charge in [-0.25, -0.2) is 19.6 Å². The zero-order valence-electron chi connectivity index (χ0n) is 12.7. The van der Waals surface area contributed by atoms with Crippen LogP contribution < -0.4 is 0 Å². The normalized spacial score (nSPS) is 12.0. The molecule has 0 bridgehead atoms. The van der Waals surface area contributed by atoms with Gasteiger partial charge in [-0.15, -0.1) is 0 Å². The Balaban J connectivity index is 2.98. The highest BCUT2D eigenvalue weighted by Crippen LogP contribution is 2.12. The summed E-state index contributed by atoms with van der Waals surface area (Å²) in [5.74, 6) is -1.19. The molecule has 0 aromatic carbocycles. The molecule has 0 spiro atoms. The largest absolute Gasteiger partial charge is 0.512 e. The lowest BCUT2D eigenvalue weighted by molar-refractivity contribution is -0.138. The van der Waals surface area contributed by atoms with Crippen molar-refractivity contribution in [1.29, 1.82) is 0 Å². The quantitative estimate of drug-likeness (QED) is 0.375. The number of aliphatic imine (C=N–C) groups is 1. The summed E-state index contributed by atoms with van der Waals surface area (Å²) in [6, 6.07) is 2.92. The fourth-order valence-corrected chi connectivity index (χ4v) is 1.46. The average Bonchev–Trinajstić information content (AvgIpc) is 2.48. The summed E-state index contributed by atoms with van der Waals surface area (Å²) in [6.07, 6.45) is 2.54. The van der Waals surface area contributed by atoms with E-state index in [4.69, 9.17) is 9.47 Å². The smallest absolute Gasteiger partial charge is 0.343 e. The number of rotatable bonds is 6. The van der Waals surface area contributed by atoms with E-state index in [0.29, 0.717) is 5.56 Å². The number of nitrogens with zero attached hydrogens (tertiary/aromatic N) is 2. The molecule has 1 aromatic heterocycles. The van der Waals surface area contributed by atoms with Crippen molar-refractivity contribution in [3.63, 3.8) is 0 Å². The topological polar surface area (TPSA) is 98.1 Å². The number of allylic oxidation sites excluding steroid dienone is 1. The van der Waals surface area contributed by atoms with Gasteiger partial charge in [0.15, 0.2) is 5.82 Å². The molecule has 0 radical (unpaired) electrons. The third-order valence-corrected chi connectivity index (χ3v) is 2.47. The number of aliphatic hydroxyl groups excluding tert-OH is 1. The molecule has 7 heteroatoms. The SMILES string of the molecule is CCOC(=O)/C(C=Nc1cc(C(=O)OCC)ccn1)=C(\C)O. The first kappa shape index (κ1) is 17.4. The minimum absolute atomic E-state index is 0.0785. The van der Waals surface area contributed by atoms with E-state index in [9.17, 15) is 14.7 Å². The number of aliphatic hydroxyl groups is 1. The van der Waals surface area contributed by atoms with Gasteiger partial charge in [-0.2, -0.15) is 0 Å². The molecule has 1 heterocycles. The summed E-state index contributed by atoms with van der Waals surface area (Å²) < 4.78 is 9.68. The van der Waals surface area contributed by atoms with Gasteiger partial charge >= 0.3 is 11.9 Å². The molecular formula is C15H18N2O5. The highest BCUT2D eigenvalue weighted by atomic mass is 16.5. The van der Waals surface area contributed by atoms with Gasteiger partial charge in [0.2, 0.25) is 0 Å². The molecule has 118 valence electrons. The molecule has 22 heavy (non-hydrogen) atoms. The van der Waals surface area contributed by atoms with E-state index in [-0.39, 0.29) is 30.4 Å². The number of esters is 2. The van der Waals surface area contributed by atoms with Gasteiger partial charge in [-0.3, -0.25) is 0 Å². The van der Waals surface area contributed by atoms with E-state index in [0.717, 1.165) is 6.21 Å². The maximum absolute atomic E-state index is 11.6. The number of aromatic nitrogens is 1. The van der Waals surface area contributed by atoms with Crippen LogP contribution in [-0.4, -0.2) is 41.5 Å². The fraction of sp³-hybridized carbons (Fsp3) is 0.333. The number of carbonyl (C=O) groups excluding carboxylic acids is 2. The molecule has 0 saturated heterocycles. The van der Waals surface area contributed by atoms with Crippen molar-refractivity contribution in [3.8, 4) is 0 Å². The minimum atomic E-state index is -0.687. The molecule has 7 nitrogen and oxygen atoms in total. The van der Waals surface area contributed by atoms with Gasteiger partial charge < -0.3 is 14.6 Å². The van der Waals surface area contributed by atoms with Crippen LogP contribution in [0.15, 0.2) is 34.7 Å². The molecule has 0 aliphatic carbocycles. The van der Waals surface area contributed by atoms with Gasteiger partial charge in [0, 0.05) is 12.4 Å². The number of hydrogen-bond acceptors (Lipinski definition) is 7. The van der Waals surface area contributed by atoms with E-state index in [1.165, 1.54) is 25.3 Å². The van der Waals surface area contributed by atoms with Crippen LogP contribution in [0.2, 0.25) is 0 Å². The molecule has 0 saturated carbocycles. The van der Waals surface area contributed by atoms with Crippen LogP contribution in [0.4, 0.5) is 5.82 Å². The summed E-state index contributed by atoms with van der Waals surface area (Å²) in [5, 5.41) is 9.49. The van der Waals surface area contributed by atoms with Gasteiger partial charge in [0.25, 0.3) is 0 Å². The Hall–Kier alpha value is -2.70. The number of carbonyl (C=O) groups is 2. The van der Waals surface area contributed by atoms with Crippen molar-refractivity contribution < 1.29 is 24.2 Å². The molecule has 0 unspecified atom stereocenters. The highest BCUT2D eigenvalue weighted by Gasteiger charge is 2.12. The molecule has 0 aliphatic rings. The summed E-state index contributed by atoms with van der Waals surface area (Å²) >= 11 is 0. The number of hydrogen-bond donors (Lipinski definition) is 1. The zero-order chi connectivity index (χ0) is 16.5. The second-order valence-corrected chi connectivity index (χ2v) is 4.10. The third kappa shape index (κ3) is 5.01. The van der Waals surface area contributed by atoms with Crippen LogP contribution in [0.1, 0.15) is 31.1 Å². The Morgan fingerprint density at radius 3 is 2.59 bits per heavy atom. The van der Waals surface area contributed by atoms with Gasteiger partial charge in [-0.1, -0.05) is 0 Å². The summed E-state index contributed by atoms with van der Waals surface area (Å²) in [7, 11) is 0. The third-order valence-electron chi connectivity index (χ3n) is 2.47. The highest BCUT2D eigenvalue weighted by molar-refractivity contribution is 6.10. The van der Waals surface area contributed by atoms with E-state index in [1.54, 1.807) is 13.8 Å². The van der Waals surface area contributed by atoms with Crippen LogP contribution >= 0.6 is 0 Å². The van der Waals surface area contributed by atoms with Crippen LogP contribution in [0.5, 0.6) is 0 Å². The lowest BCUT2D eigenvalue weighted by atomic mass is 10.2. The monoisotopic (exact) mass is 306 g/mol. The van der Waals surface area contributed by atoms with Crippen molar-refractivity contribution in [2.45, 2.75) is 20.8 Å². The van der Waals surface area contributed by atoms with Crippen LogP contribution in [-0.2, 0) is 14.3 Å². The Morgan fingerprint density at radius 2 is 2.00 bits per heavy atom. The summed E-state index contributed by atoms with van der Waals surface area (Å²) in [4.78, 5) is 31.2. The second-order valence-electron chi connectivity index (χ2n) is 4.10. The van der Waals surface area contributed by atoms with E-state index < -0.39 is 11.9 Å². The summed E-state index contributed by atoms with van der Waals surface area (Å²) in [5.41, 5.74) is 0.219. The van der Waals surface area contributed by atoms with Crippen molar-refractivity contribution in [3.05, 3.63) is 35.2 Å². The van der Waals surface area contributed by atoms with Crippen LogP contribution in [0.3, 0.4) is 0 Å². The Kier molecular flexibility index (Phi) is 6.75. The average molecular weight is 306 g/mol. The maximum atomic E-state index is 11.6. The van der Waals surface area contributed by atoms with Crippen LogP contribution in [0.25, 0.3) is 0 Å². The molecule has 1 rings (SSSR count). The van der Waals surface area contributed by atoms with Gasteiger partial charge in [0.1, 0.15) is 11.3 Å². The summed E-state index contributed by atoms with van der Waals surface area (Å²) in [6.45, 7) is 5.16. The minimum Gasteiger partial charge on any atom is -0.512 e. The first-order chi connectivity index (χ1) is 10.5. The zero-order valence-corrected chi connectivity index (χ0v) is 12.7. The van der Waals surface area contributed by atoms with Crippen molar-refractivity contribution in [2.24, 2.45) is 4.99 Å². The Labute approximate surface area is 128 Å². The Morgan fingerprint density at radius 1 is 1.32 bits per heavy atom. The van der Waals surface area contributed by atoms with E-state index in [1.807, 2.05) is 0 Å². The first-order valence-corrected chi connectivity index (χ1v) is 6.73. The van der Waals surface area contributed by atoms with Crippen molar-refractivity contribution in [2.75, 3.05) is 13.2 Å².